The molecule has 4 nitrogen and oxygen atoms in total. The predicted molar refractivity (Wildman–Crippen MR) is 78.2 cm³/mol. The predicted octanol–water partition coefficient (Wildman–Crippen LogP) is 2.13. The molecule has 0 saturated carbocycles. The lowest BCUT2D eigenvalue weighted by atomic mass is 10.0. The van der Waals surface area contributed by atoms with Gasteiger partial charge in [0.05, 0.1) is 5.60 Å². The molecule has 0 aromatic carbocycles. The molecule has 0 bridgehead atoms. The van der Waals surface area contributed by atoms with Crippen LogP contribution in [-0.4, -0.2) is 60.1 Å². The second-order valence-corrected chi connectivity index (χ2v) is 6.23. The number of amides is 1. The first-order valence-electron chi connectivity index (χ1n) is 7.53. The maximum Gasteiger partial charge on any atom is 0.248 e. The molecule has 0 unspecified atom stereocenters. The number of nitrogens with zero attached hydrogens (tertiary/aromatic N) is 2. The normalized spacial score (nSPS) is 18.1. The van der Waals surface area contributed by atoms with Gasteiger partial charge in [-0.05, 0) is 46.7 Å². The molecule has 0 aromatic rings. The Balaban J connectivity index is 2.35. The van der Waals surface area contributed by atoms with Crippen molar-refractivity contribution >= 4 is 5.91 Å². The van der Waals surface area contributed by atoms with Crippen LogP contribution in [0.2, 0.25) is 0 Å². The van der Waals surface area contributed by atoms with E-state index in [9.17, 15) is 4.79 Å². The second-order valence-electron chi connectivity index (χ2n) is 6.23. The van der Waals surface area contributed by atoms with Crippen LogP contribution >= 0.6 is 0 Å². The molecule has 0 spiro atoms. The third kappa shape index (κ3) is 5.49. The Kier molecular flexibility index (Phi) is 6.27. The standard InChI is InChI=1S/C15H30N2O2/c1-6-16(7-2)13-8-10-17(11-9-13)14(18)12-19-15(3,4)5/h13H,6-12H2,1-5H3. The fourth-order valence-electron chi connectivity index (χ4n) is 2.59. The van der Waals surface area contributed by atoms with E-state index in [0.29, 0.717) is 6.04 Å². The van der Waals surface area contributed by atoms with Crippen molar-refractivity contribution in [3.63, 3.8) is 0 Å². The van der Waals surface area contributed by atoms with Crippen molar-refractivity contribution in [3.05, 3.63) is 0 Å². The van der Waals surface area contributed by atoms with Crippen molar-refractivity contribution in [1.29, 1.82) is 0 Å². The quantitative estimate of drug-likeness (QED) is 0.767. The summed E-state index contributed by atoms with van der Waals surface area (Å²) in [5, 5.41) is 0. The van der Waals surface area contributed by atoms with Gasteiger partial charge in [0.1, 0.15) is 6.61 Å². The Morgan fingerprint density at radius 1 is 1.21 bits per heavy atom. The highest BCUT2D eigenvalue weighted by Crippen LogP contribution is 2.17. The van der Waals surface area contributed by atoms with Gasteiger partial charge < -0.3 is 14.5 Å². The van der Waals surface area contributed by atoms with E-state index in [4.69, 9.17) is 4.74 Å². The van der Waals surface area contributed by atoms with Crippen molar-refractivity contribution in [1.82, 2.24) is 9.80 Å². The molecule has 1 aliphatic heterocycles. The molecule has 112 valence electrons. The van der Waals surface area contributed by atoms with E-state index < -0.39 is 0 Å². The summed E-state index contributed by atoms with van der Waals surface area (Å²) in [6.07, 6.45) is 2.17. The average molecular weight is 270 g/mol. The minimum Gasteiger partial charge on any atom is -0.366 e. The van der Waals surface area contributed by atoms with E-state index >= 15 is 0 Å². The molecule has 19 heavy (non-hydrogen) atoms. The zero-order chi connectivity index (χ0) is 14.5. The maximum atomic E-state index is 12.0. The molecule has 4 heteroatoms. The number of hydrogen-bond acceptors (Lipinski definition) is 3. The van der Waals surface area contributed by atoms with Gasteiger partial charge in [-0.2, -0.15) is 0 Å². The van der Waals surface area contributed by atoms with Crippen LogP contribution in [0.15, 0.2) is 0 Å². The van der Waals surface area contributed by atoms with Gasteiger partial charge in [-0.15, -0.1) is 0 Å². The van der Waals surface area contributed by atoms with Crippen LogP contribution < -0.4 is 0 Å². The molecule has 1 heterocycles. The second kappa shape index (κ2) is 7.25. The van der Waals surface area contributed by atoms with E-state index in [-0.39, 0.29) is 18.1 Å². The van der Waals surface area contributed by atoms with Crippen LogP contribution in [0.4, 0.5) is 0 Å². The van der Waals surface area contributed by atoms with E-state index in [0.717, 1.165) is 39.0 Å². The number of ether oxygens (including phenoxy) is 1. The molecule has 1 saturated heterocycles. The number of likely N-dealkylation sites (tertiary alicyclic amines) is 1. The lowest BCUT2D eigenvalue weighted by Gasteiger charge is -2.38. The lowest BCUT2D eigenvalue weighted by molar-refractivity contribution is -0.142. The van der Waals surface area contributed by atoms with Crippen molar-refractivity contribution in [3.8, 4) is 0 Å². The zero-order valence-corrected chi connectivity index (χ0v) is 13.2. The monoisotopic (exact) mass is 270 g/mol. The van der Waals surface area contributed by atoms with Gasteiger partial charge in [-0.25, -0.2) is 0 Å². The van der Waals surface area contributed by atoms with Gasteiger partial charge in [0.2, 0.25) is 5.91 Å². The minimum atomic E-state index is -0.241. The SMILES string of the molecule is CCN(CC)C1CCN(C(=O)COC(C)(C)C)CC1. The molecule has 1 rings (SSSR count). The van der Waals surface area contributed by atoms with E-state index in [1.807, 2.05) is 25.7 Å². The molecule has 0 aromatic heterocycles. The van der Waals surface area contributed by atoms with Gasteiger partial charge in [0.25, 0.3) is 0 Å². The summed E-state index contributed by atoms with van der Waals surface area (Å²) in [6.45, 7) is 14.5. The van der Waals surface area contributed by atoms with Crippen molar-refractivity contribution in [2.24, 2.45) is 0 Å². The molecular weight excluding hydrogens is 240 g/mol. The maximum absolute atomic E-state index is 12.0. The number of carbonyl (C=O) groups excluding carboxylic acids is 1. The molecule has 1 fully saturated rings. The Morgan fingerprint density at radius 3 is 2.16 bits per heavy atom. The summed E-state index contributed by atoms with van der Waals surface area (Å²) >= 11 is 0. The Bertz CT molecular complexity index is 274. The molecule has 0 N–H and O–H groups in total. The third-order valence-corrected chi connectivity index (χ3v) is 3.77. The summed E-state index contributed by atoms with van der Waals surface area (Å²) in [5.74, 6) is 0.132. The molecule has 1 aliphatic rings. The van der Waals surface area contributed by atoms with Crippen LogP contribution in [0.25, 0.3) is 0 Å². The number of rotatable bonds is 5. The highest BCUT2D eigenvalue weighted by atomic mass is 16.5. The van der Waals surface area contributed by atoms with Crippen molar-refractivity contribution in [2.45, 2.75) is 59.1 Å². The van der Waals surface area contributed by atoms with Gasteiger partial charge in [0.15, 0.2) is 0 Å². The highest BCUT2D eigenvalue weighted by Gasteiger charge is 2.26. The van der Waals surface area contributed by atoms with Crippen LogP contribution in [0, 0.1) is 0 Å². The lowest BCUT2D eigenvalue weighted by Crippen LogP contribution is -2.47. The fraction of sp³-hybridized carbons (Fsp3) is 0.933. The molecule has 0 radical (unpaired) electrons. The van der Waals surface area contributed by atoms with Crippen LogP contribution in [0.5, 0.6) is 0 Å². The third-order valence-electron chi connectivity index (χ3n) is 3.77. The number of piperidine rings is 1. The average Bonchev–Trinajstić information content (AvgIpc) is 2.37. The van der Waals surface area contributed by atoms with Crippen LogP contribution in [-0.2, 0) is 9.53 Å². The van der Waals surface area contributed by atoms with E-state index in [2.05, 4.69) is 18.7 Å². The summed E-state index contributed by atoms with van der Waals surface area (Å²) in [6, 6.07) is 0.641. The van der Waals surface area contributed by atoms with Crippen LogP contribution in [0.1, 0.15) is 47.5 Å². The topological polar surface area (TPSA) is 32.8 Å². The first-order valence-corrected chi connectivity index (χ1v) is 7.53. The summed E-state index contributed by atoms with van der Waals surface area (Å²) in [7, 11) is 0. The Labute approximate surface area is 118 Å². The smallest absolute Gasteiger partial charge is 0.248 e. The Hall–Kier alpha value is -0.610. The zero-order valence-electron chi connectivity index (χ0n) is 13.2. The first kappa shape index (κ1) is 16.4. The largest absolute Gasteiger partial charge is 0.366 e. The van der Waals surface area contributed by atoms with Gasteiger partial charge in [0, 0.05) is 19.1 Å². The summed E-state index contributed by atoms with van der Waals surface area (Å²) in [4.78, 5) is 16.5. The molecule has 0 aliphatic carbocycles. The van der Waals surface area contributed by atoms with Gasteiger partial charge in [-0.3, -0.25) is 4.79 Å². The van der Waals surface area contributed by atoms with Gasteiger partial charge in [-0.1, -0.05) is 13.8 Å². The van der Waals surface area contributed by atoms with Crippen LogP contribution in [0.3, 0.4) is 0 Å². The van der Waals surface area contributed by atoms with E-state index in [1.165, 1.54) is 0 Å². The summed E-state index contributed by atoms with van der Waals surface area (Å²) in [5.41, 5.74) is -0.241. The number of hydrogen-bond donors (Lipinski definition) is 0. The minimum absolute atomic E-state index is 0.132. The molecular formula is C15H30N2O2. The van der Waals surface area contributed by atoms with Gasteiger partial charge >= 0.3 is 0 Å². The fourth-order valence-corrected chi connectivity index (χ4v) is 2.59. The first-order chi connectivity index (χ1) is 8.87. The Morgan fingerprint density at radius 2 is 1.74 bits per heavy atom. The molecule has 0 atom stereocenters. The molecule has 1 amide bonds. The highest BCUT2D eigenvalue weighted by molar-refractivity contribution is 5.77. The van der Waals surface area contributed by atoms with Crippen molar-refractivity contribution < 1.29 is 9.53 Å². The van der Waals surface area contributed by atoms with E-state index in [1.54, 1.807) is 0 Å². The summed E-state index contributed by atoms with van der Waals surface area (Å²) < 4.78 is 5.56. The van der Waals surface area contributed by atoms with Crippen molar-refractivity contribution in [2.75, 3.05) is 32.8 Å². The number of carbonyl (C=O) groups is 1.